The smallest absolute Gasteiger partial charge is 0.317 e. The summed E-state index contributed by atoms with van der Waals surface area (Å²) in [5, 5.41) is 0. The Morgan fingerprint density at radius 1 is 1.12 bits per heavy atom. The van der Waals surface area contributed by atoms with Gasteiger partial charge in [0.2, 0.25) is 0 Å². The average Bonchev–Trinajstić information content (AvgIpc) is 2.76. The van der Waals surface area contributed by atoms with Crippen molar-refractivity contribution < 1.29 is 23.8 Å². The monoisotopic (exact) mass is 458 g/mol. The lowest BCUT2D eigenvalue weighted by Gasteiger charge is -2.54. The second-order valence-corrected chi connectivity index (χ2v) is 10.8. The number of benzene rings is 1. The number of methoxy groups -OCH3 is 1. The summed E-state index contributed by atoms with van der Waals surface area (Å²) in [5.41, 5.74) is 2.12. The Morgan fingerprint density at radius 3 is 2.45 bits per heavy atom. The van der Waals surface area contributed by atoms with Gasteiger partial charge in [0.1, 0.15) is 5.41 Å². The number of aryl methyl sites for hydroxylation is 1. The van der Waals surface area contributed by atoms with Gasteiger partial charge in [-0.2, -0.15) is 0 Å². The first-order valence-corrected chi connectivity index (χ1v) is 12.8. The van der Waals surface area contributed by atoms with E-state index in [-0.39, 0.29) is 29.2 Å². The van der Waals surface area contributed by atoms with Crippen LogP contribution in [0.5, 0.6) is 11.5 Å². The molecule has 2 atom stereocenters. The Kier molecular flexibility index (Phi) is 7.80. The van der Waals surface area contributed by atoms with E-state index in [0.29, 0.717) is 37.4 Å². The minimum Gasteiger partial charge on any atom is -0.493 e. The first-order chi connectivity index (χ1) is 15.6. The Labute approximate surface area is 199 Å². The summed E-state index contributed by atoms with van der Waals surface area (Å²) in [4.78, 5) is 26.7. The Hall–Kier alpha value is -2.04. The molecule has 2 aliphatic rings. The summed E-state index contributed by atoms with van der Waals surface area (Å²) >= 11 is 0. The van der Waals surface area contributed by atoms with Gasteiger partial charge in [-0.05, 0) is 61.3 Å². The molecule has 5 heteroatoms. The zero-order chi connectivity index (χ0) is 24.4. The van der Waals surface area contributed by atoms with E-state index in [2.05, 4.69) is 33.8 Å². The van der Waals surface area contributed by atoms with Gasteiger partial charge in [-0.3, -0.25) is 9.59 Å². The standard InChI is InChI=1S/C28H42O5/c1-8-11-22(29)33-25-23-19(17-20(18(3)4)24(25)31-7)12-13-21-27(5,6)14-10-15-28(21,23)26(30)32-16-9-2/h17-18,21H,8-16H2,1-7H3/t21-,28+/m0/s1. The summed E-state index contributed by atoms with van der Waals surface area (Å²) in [5.74, 6) is 0.891. The Bertz CT molecular complexity index is 885. The van der Waals surface area contributed by atoms with Gasteiger partial charge in [0, 0.05) is 17.5 Å². The summed E-state index contributed by atoms with van der Waals surface area (Å²) in [7, 11) is 1.62. The van der Waals surface area contributed by atoms with E-state index in [1.54, 1.807) is 7.11 Å². The highest BCUT2D eigenvalue weighted by Gasteiger charge is 2.59. The second kappa shape index (κ2) is 10.1. The van der Waals surface area contributed by atoms with E-state index in [0.717, 1.165) is 48.8 Å². The van der Waals surface area contributed by atoms with E-state index in [4.69, 9.17) is 14.2 Å². The highest BCUT2D eigenvalue weighted by atomic mass is 16.6. The average molecular weight is 459 g/mol. The predicted molar refractivity (Wildman–Crippen MR) is 130 cm³/mol. The van der Waals surface area contributed by atoms with Crippen molar-refractivity contribution in [3.63, 3.8) is 0 Å². The predicted octanol–water partition coefficient (Wildman–Crippen LogP) is 6.49. The molecule has 33 heavy (non-hydrogen) atoms. The Morgan fingerprint density at radius 2 is 1.85 bits per heavy atom. The molecule has 184 valence electrons. The third-order valence-electron chi connectivity index (χ3n) is 7.72. The lowest BCUT2D eigenvalue weighted by atomic mass is 9.49. The van der Waals surface area contributed by atoms with Gasteiger partial charge in [-0.25, -0.2) is 0 Å². The Balaban J connectivity index is 2.34. The number of fused-ring (bicyclic) bond motifs is 3. The fourth-order valence-electron chi connectivity index (χ4n) is 6.25. The first-order valence-electron chi connectivity index (χ1n) is 12.8. The molecule has 2 aliphatic carbocycles. The molecule has 1 fully saturated rings. The van der Waals surface area contributed by atoms with Crippen molar-refractivity contribution in [2.75, 3.05) is 13.7 Å². The molecule has 3 rings (SSSR count). The number of hydrogen-bond acceptors (Lipinski definition) is 5. The van der Waals surface area contributed by atoms with Crippen LogP contribution in [0.3, 0.4) is 0 Å². The topological polar surface area (TPSA) is 61.8 Å². The lowest BCUT2D eigenvalue weighted by Crippen LogP contribution is -2.55. The molecule has 1 saturated carbocycles. The van der Waals surface area contributed by atoms with E-state index in [1.807, 2.05) is 13.8 Å². The van der Waals surface area contributed by atoms with Crippen molar-refractivity contribution >= 4 is 11.9 Å². The largest absolute Gasteiger partial charge is 0.493 e. The molecule has 0 unspecified atom stereocenters. The van der Waals surface area contributed by atoms with Crippen LogP contribution < -0.4 is 9.47 Å². The van der Waals surface area contributed by atoms with Gasteiger partial charge in [-0.15, -0.1) is 0 Å². The van der Waals surface area contributed by atoms with Gasteiger partial charge in [0.15, 0.2) is 11.5 Å². The van der Waals surface area contributed by atoms with Crippen molar-refractivity contribution in [3.8, 4) is 11.5 Å². The number of rotatable bonds is 8. The van der Waals surface area contributed by atoms with E-state index in [1.165, 1.54) is 0 Å². The number of esters is 2. The van der Waals surface area contributed by atoms with Crippen molar-refractivity contribution in [3.05, 3.63) is 22.8 Å². The molecule has 0 bridgehead atoms. The van der Waals surface area contributed by atoms with Gasteiger partial charge in [0.05, 0.1) is 13.7 Å². The lowest BCUT2D eigenvalue weighted by molar-refractivity contribution is -0.160. The van der Waals surface area contributed by atoms with Crippen molar-refractivity contribution in [2.24, 2.45) is 11.3 Å². The molecule has 0 heterocycles. The maximum absolute atomic E-state index is 13.9. The van der Waals surface area contributed by atoms with Crippen molar-refractivity contribution in [1.82, 2.24) is 0 Å². The summed E-state index contributed by atoms with van der Waals surface area (Å²) in [6.45, 7) is 13.1. The fraction of sp³-hybridized carbons (Fsp3) is 0.714. The van der Waals surface area contributed by atoms with Crippen LogP contribution in [0.25, 0.3) is 0 Å². The van der Waals surface area contributed by atoms with Crippen LogP contribution in [-0.2, 0) is 26.2 Å². The van der Waals surface area contributed by atoms with Crippen LogP contribution in [0.2, 0.25) is 0 Å². The van der Waals surface area contributed by atoms with Gasteiger partial charge in [-0.1, -0.05) is 54.0 Å². The molecule has 1 aromatic carbocycles. The molecule has 0 aliphatic heterocycles. The first kappa shape index (κ1) is 25.6. The van der Waals surface area contributed by atoms with Gasteiger partial charge < -0.3 is 14.2 Å². The number of carbonyl (C=O) groups is 2. The molecule has 0 saturated heterocycles. The van der Waals surface area contributed by atoms with Gasteiger partial charge in [0.25, 0.3) is 0 Å². The molecule has 0 spiro atoms. The number of carbonyl (C=O) groups excluding carboxylic acids is 2. The molecule has 0 aromatic heterocycles. The zero-order valence-electron chi connectivity index (χ0n) is 21.6. The molecule has 0 amide bonds. The van der Waals surface area contributed by atoms with Gasteiger partial charge >= 0.3 is 11.9 Å². The van der Waals surface area contributed by atoms with E-state index in [9.17, 15) is 9.59 Å². The number of hydrogen-bond donors (Lipinski definition) is 0. The fourth-order valence-corrected chi connectivity index (χ4v) is 6.25. The van der Waals surface area contributed by atoms with E-state index < -0.39 is 5.41 Å². The van der Waals surface area contributed by atoms with Crippen molar-refractivity contribution in [2.45, 2.75) is 104 Å². The number of ether oxygens (including phenoxy) is 3. The van der Waals surface area contributed by atoms with Crippen LogP contribution in [-0.4, -0.2) is 25.7 Å². The van der Waals surface area contributed by atoms with Crippen LogP contribution >= 0.6 is 0 Å². The second-order valence-electron chi connectivity index (χ2n) is 10.8. The van der Waals surface area contributed by atoms with E-state index >= 15 is 0 Å². The minimum absolute atomic E-state index is 0.0180. The van der Waals surface area contributed by atoms with Crippen LogP contribution in [0.1, 0.15) is 109 Å². The summed E-state index contributed by atoms with van der Waals surface area (Å²) < 4.78 is 17.9. The highest BCUT2D eigenvalue weighted by molar-refractivity contribution is 5.88. The molecular weight excluding hydrogens is 416 g/mol. The zero-order valence-corrected chi connectivity index (χ0v) is 21.6. The van der Waals surface area contributed by atoms with Crippen LogP contribution in [0, 0.1) is 11.3 Å². The molecule has 0 radical (unpaired) electrons. The maximum atomic E-state index is 13.9. The van der Waals surface area contributed by atoms with Crippen molar-refractivity contribution in [1.29, 1.82) is 0 Å². The maximum Gasteiger partial charge on any atom is 0.317 e. The summed E-state index contributed by atoms with van der Waals surface area (Å²) in [6, 6.07) is 2.18. The molecule has 1 aromatic rings. The quantitative estimate of drug-likeness (QED) is 0.329. The molecule has 5 nitrogen and oxygen atoms in total. The molecular formula is C28H42O5. The highest BCUT2D eigenvalue weighted by Crippen LogP contribution is 2.61. The molecule has 0 N–H and O–H groups in total. The minimum atomic E-state index is -0.824. The SMILES string of the molecule is CCCOC(=O)[C@]12CCCC(C)(C)[C@@H]1CCc1cc(C(C)C)c(OC)c(OC(=O)CCC)c12. The normalized spacial score (nSPS) is 23.5. The van der Waals surface area contributed by atoms with Crippen LogP contribution in [0.4, 0.5) is 0 Å². The third kappa shape index (κ3) is 4.52. The summed E-state index contributed by atoms with van der Waals surface area (Å²) in [6.07, 6.45) is 6.29. The van der Waals surface area contributed by atoms with Crippen LogP contribution in [0.15, 0.2) is 6.07 Å². The third-order valence-corrected chi connectivity index (χ3v) is 7.72.